The average Bonchev–Trinajstić information content (AvgIpc) is 2.03. The minimum absolute atomic E-state index is 0.258. The van der Waals surface area contributed by atoms with E-state index in [1.54, 1.807) is 6.07 Å². The van der Waals surface area contributed by atoms with E-state index in [4.69, 9.17) is 12.2 Å². The van der Waals surface area contributed by atoms with Crippen LogP contribution in [0.3, 0.4) is 0 Å². The number of anilines is 1. The highest BCUT2D eigenvalue weighted by atomic mass is 32.2. The van der Waals surface area contributed by atoms with Crippen LogP contribution in [0.15, 0.2) is 23.1 Å². The van der Waals surface area contributed by atoms with Crippen molar-refractivity contribution >= 4 is 35.0 Å². The predicted octanol–water partition coefficient (Wildman–Crippen LogP) is 2.13. The Morgan fingerprint density at radius 1 is 1.42 bits per heavy atom. The molecule has 0 aromatic heterocycles. The Hall–Kier alpha value is -0.810. The number of hydrogen-bond acceptors (Lipinski definition) is 2. The standard InChI is InChI=1S/C7H5FN2S2/c8-4-1-2-6-5(3-4)9-7(11)10-12-6/h1-3H,(H2,9,10,11). The predicted molar refractivity (Wildman–Crippen MR) is 51.6 cm³/mol. The van der Waals surface area contributed by atoms with Crippen LogP contribution in [-0.4, -0.2) is 5.11 Å². The smallest absolute Gasteiger partial charge is 0.181 e. The van der Waals surface area contributed by atoms with Crippen molar-refractivity contribution in [3.05, 3.63) is 24.0 Å². The van der Waals surface area contributed by atoms with E-state index < -0.39 is 0 Å². The number of benzene rings is 1. The summed E-state index contributed by atoms with van der Waals surface area (Å²) in [5.74, 6) is -0.258. The number of fused-ring (bicyclic) bond motifs is 1. The van der Waals surface area contributed by atoms with Crippen molar-refractivity contribution in [3.63, 3.8) is 0 Å². The van der Waals surface area contributed by atoms with Crippen molar-refractivity contribution in [2.45, 2.75) is 4.90 Å². The Labute approximate surface area is 78.7 Å². The van der Waals surface area contributed by atoms with E-state index in [-0.39, 0.29) is 5.82 Å². The molecule has 0 aliphatic carbocycles. The van der Waals surface area contributed by atoms with E-state index in [2.05, 4.69) is 10.0 Å². The van der Waals surface area contributed by atoms with E-state index in [1.807, 2.05) is 0 Å². The summed E-state index contributed by atoms with van der Waals surface area (Å²) in [6.45, 7) is 0. The molecule has 0 radical (unpaired) electrons. The highest BCUT2D eigenvalue weighted by molar-refractivity contribution is 7.99. The Kier molecular flexibility index (Phi) is 1.90. The second kappa shape index (κ2) is 2.91. The van der Waals surface area contributed by atoms with E-state index >= 15 is 0 Å². The molecular formula is C7H5FN2S2. The molecule has 1 aromatic carbocycles. The van der Waals surface area contributed by atoms with Crippen LogP contribution in [0.1, 0.15) is 0 Å². The molecule has 0 bridgehead atoms. The van der Waals surface area contributed by atoms with Crippen molar-refractivity contribution in [2.75, 3.05) is 5.32 Å². The third-order valence-corrected chi connectivity index (χ3v) is 2.66. The molecule has 1 aromatic rings. The molecule has 2 rings (SSSR count). The molecule has 0 fully saturated rings. The molecule has 12 heavy (non-hydrogen) atoms. The number of nitrogens with one attached hydrogen (secondary N) is 2. The molecule has 1 aliphatic rings. The van der Waals surface area contributed by atoms with Gasteiger partial charge < -0.3 is 10.0 Å². The fraction of sp³-hybridized carbons (Fsp3) is 0. The van der Waals surface area contributed by atoms with Crippen molar-refractivity contribution in [1.82, 2.24) is 4.72 Å². The molecule has 1 aliphatic heterocycles. The molecule has 2 nitrogen and oxygen atoms in total. The van der Waals surface area contributed by atoms with Crippen LogP contribution < -0.4 is 10.0 Å². The first-order valence-electron chi connectivity index (χ1n) is 3.29. The van der Waals surface area contributed by atoms with Gasteiger partial charge in [-0.25, -0.2) is 4.39 Å². The highest BCUT2D eigenvalue weighted by Gasteiger charge is 2.11. The van der Waals surface area contributed by atoms with E-state index in [0.29, 0.717) is 5.11 Å². The molecule has 62 valence electrons. The fourth-order valence-corrected chi connectivity index (χ4v) is 1.78. The van der Waals surface area contributed by atoms with Gasteiger partial charge >= 0.3 is 0 Å². The minimum atomic E-state index is -0.258. The van der Waals surface area contributed by atoms with E-state index in [1.165, 1.54) is 24.1 Å². The largest absolute Gasteiger partial charge is 0.331 e. The summed E-state index contributed by atoms with van der Waals surface area (Å²) >= 11 is 6.24. The number of halogens is 1. The number of rotatable bonds is 0. The maximum Gasteiger partial charge on any atom is 0.181 e. The Morgan fingerprint density at radius 3 is 3.08 bits per heavy atom. The van der Waals surface area contributed by atoms with Crippen LogP contribution in [0.25, 0.3) is 0 Å². The van der Waals surface area contributed by atoms with Gasteiger partial charge in [-0.1, -0.05) is 0 Å². The normalized spacial score (nSPS) is 14.6. The quantitative estimate of drug-likeness (QED) is 0.495. The summed E-state index contributed by atoms with van der Waals surface area (Å²) in [5, 5.41) is 3.37. The first-order chi connectivity index (χ1) is 5.75. The van der Waals surface area contributed by atoms with Gasteiger partial charge in [-0.3, -0.25) is 0 Å². The zero-order valence-electron chi connectivity index (χ0n) is 5.93. The van der Waals surface area contributed by atoms with Crippen LogP contribution in [0, 0.1) is 5.82 Å². The van der Waals surface area contributed by atoms with Gasteiger partial charge in [0.05, 0.1) is 10.6 Å². The molecule has 1 heterocycles. The summed E-state index contributed by atoms with van der Waals surface area (Å²) in [6, 6.07) is 4.55. The molecular weight excluding hydrogens is 195 g/mol. The number of thiocarbonyl (C=S) groups is 1. The zero-order valence-corrected chi connectivity index (χ0v) is 7.56. The van der Waals surface area contributed by atoms with Crippen molar-refractivity contribution in [1.29, 1.82) is 0 Å². The number of hydrogen-bond donors (Lipinski definition) is 2. The van der Waals surface area contributed by atoms with Gasteiger partial charge in [0.1, 0.15) is 5.82 Å². The lowest BCUT2D eigenvalue weighted by atomic mass is 10.3. The second-order valence-electron chi connectivity index (χ2n) is 2.30. The Morgan fingerprint density at radius 2 is 2.25 bits per heavy atom. The van der Waals surface area contributed by atoms with Crippen LogP contribution >= 0.6 is 24.2 Å². The first kappa shape index (κ1) is 7.82. The van der Waals surface area contributed by atoms with Crippen LogP contribution in [0.4, 0.5) is 10.1 Å². The highest BCUT2D eigenvalue weighted by Crippen LogP contribution is 2.28. The maximum atomic E-state index is 12.7. The monoisotopic (exact) mass is 200 g/mol. The second-order valence-corrected chi connectivity index (χ2v) is 3.56. The summed E-state index contributed by atoms with van der Waals surface area (Å²) in [7, 11) is 0. The van der Waals surface area contributed by atoms with Gasteiger partial charge in [0.2, 0.25) is 0 Å². The molecule has 2 N–H and O–H groups in total. The van der Waals surface area contributed by atoms with Crippen LogP contribution in [0.2, 0.25) is 0 Å². The fourth-order valence-electron chi connectivity index (χ4n) is 0.938. The third kappa shape index (κ3) is 1.37. The lowest BCUT2D eigenvalue weighted by Gasteiger charge is -2.18. The van der Waals surface area contributed by atoms with Crippen LogP contribution in [0.5, 0.6) is 0 Å². The first-order valence-corrected chi connectivity index (χ1v) is 4.51. The minimum Gasteiger partial charge on any atom is -0.331 e. The lowest BCUT2D eigenvalue weighted by Crippen LogP contribution is -2.26. The van der Waals surface area contributed by atoms with Gasteiger partial charge in [0.25, 0.3) is 0 Å². The van der Waals surface area contributed by atoms with Gasteiger partial charge in [-0.2, -0.15) is 0 Å². The van der Waals surface area contributed by atoms with Crippen molar-refractivity contribution in [2.24, 2.45) is 0 Å². The third-order valence-electron chi connectivity index (χ3n) is 1.44. The van der Waals surface area contributed by atoms with Gasteiger partial charge in [-0.15, -0.1) is 0 Å². The van der Waals surface area contributed by atoms with Crippen LogP contribution in [-0.2, 0) is 0 Å². The van der Waals surface area contributed by atoms with Gasteiger partial charge in [0, 0.05) is 0 Å². The Bertz CT molecular complexity index is 340. The van der Waals surface area contributed by atoms with Gasteiger partial charge in [0.15, 0.2) is 5.11 Å². The molecule has 0 saturated carbocycles. The topological polar surface area (TPSA) is 24.1 Å². The SMILES string of the molecule is Fc1ccc2c(c1)NC(=S)NS2. The summed E-state index contributed by atoms with van der Waals surface area (Å²) < 4.78 is 15.6. The average molecular weight is 200 g/mol. The van der Waals surface area contributed by atoms with E-state index in [9.17, 15) is 4.39 Å². The molecule has 0 saturated heterocycles. The maximum absolute atomic E-state index is 12.7. The van der Waals surface area contributed by atoms with Crippen molar-refractivity contribution in [3.8, 4) is 0 Å². The summed E-state index contributed by atoms with van der Waals surface area (Å²) in [4.78, 5) is 0.949. The zero-order chi connectivity index (χ0) is 8.55. The van der Waals surface area contributed by atoms with Gasteiger partial charge in [-0.05, 0) is 42.4 Å². The molecule has 0 spiro atoms. The molecule has 0 amide bonds. The lowest BCUT2D eigenvalue weighted by molar-refractivity contribution is 0.627. The molecule has 0 unspecified atom stereocenters. The molecule has 5 heteroatoms. The molecule has 0 atom stereocenters. The van der Waals surface area contributed by atoms with Crippen molar-refractivity contribution < 1.29 is 4.39 Å². The summed E-state index contributed by atoms with van der Waals surface area (Å²) in [5.41, 5.74) is 0.726. The summed E-state index contributed by atoms with van der Waals surface area (Å²) in [6.07, 6.45) is 0. The van der Waals surface area contributed by atoms with E-state index in [0.717, 1.165) is 10.6 Å². The Balaban J connectivity index is 2.44.